The molecule has 17 heavy (non-hydrogen) atoms. The molecule has 0 fully saturated rings. The van der Waals surface area contributed by atoms with E-state index in [0.29, 0.717) is 16.5 Å². The molecule has 1 aromatic rings. The summed E-state index contributed by atoms with van der Waals surface area (Å²) in [5.74, 6) is 0.0728. The summed E-state index contributed by atoms with van der Waals surface area (Å²) in [6.45, 7) is 4.09. The molecule has 1 aromatic carbocycles. The van der Waals surface area contributed by atoms with Gasteiger partial charge in [0.25, 0.3) is 0 Å². The first-order chi connectivity index (χ1) is 7.95. The van der Waals surface area contributed by atoms with E-state index in [9.17, 15) is 4.79 Å². The summed E-state index contributed by atoms with van der Waals surface area (Å²) in [7, 11) is 1.82. The number of amides is 1. The standard InChI is InChI=1S/C13H17Cl2NO/c1-4-9(2)16(3)13(17)7-10-5-6-11(14)8-12(10)15/h5-6,8-9H,4,7H2,1-3H3. The third-order valence-corrected chi connectivity index (χ3v) is 3.59. The molecule has 1 rings (SSSR count). The number of halogens is 2. The molecule has 0 spiro atoms. The van der Waals surface area contributed by atoms with E-state index in [1.54, 1.807) is 23.1 Å². The fourth-order valence-corrected chi connectivity index (χ4v) is 1.95. The summed E-state index contributed by atoms with van der Waals surface area (Å²) in [6, 6.07) is 5.45. The maximum Gasteiger partial charge on any atom is 0.227 e. The second kappa shape index (κ2) is 6.27. The van der Waals surface area contributed by atoms with Gasteiger partial charge in [0.15, 0.2) is 0 Å². The van der Waals surface area contributed by atoms with Crippen molar-refractivity contribution in [3.05, 3.63) is 33.8 Å². The maximum absolute atomic E-state index is 12.0. The Morgan fingerprint density at radius 2 is 2.06 bits per heavy atom. The fourth-order valence-electron chi connectivity index (χ4n) is 1.47. The van der Waals surface area contributed by atoms with Gasteiger partial charge < -0.3 is 4.90 Å². The Kier molecular flexibility index (Phi) is 5.29. The van der Waals surface area contributed by atoms with E-state index in [2.05, 4.69) is 6.92 Å². The van der Waals surface area contributed by atoms with Gasteiger partial charge in [0.1, 0.15) is 0 Å². The minimum Gasteiger partial charge on any atom is -0.343 e. The fraction of sp³-hybridized carbons (Fsp3) is 0.462. The van der Waals surface area contributed by atoms with Gasteiger partial charge >= 0.3 is 0 Å². The summed E-state index contributed by atoms with van der Waals surface area (Å²) in [4.78, 5) is 13.7. The molecule has 0 heterocycles. The quantitative estimate of drug-likeness (QED) is 0.818. The minimum absolute atomic E-state index is 0.0728. The largest absolute Gasteiger partial charge is 0.343 e. The van der Waals surface area contributed by atoms with Gasteiger partial charge in [-0.1, -0.05) is 36.2 Å². The monoisotopic (exact) mass is 273 g/mol. The van der Waals surface area contributed by atoms with Crippen LogP contribution in [0.25, 0.3) is 0 Å². The predicted octanol–water partition coefficient (Wildman–Crippen LogP) is 3.79. The number of carbonyl (C=O) groups is 1. The second-order valence-corrected chi connectivity index (χ2v) is 5.02. The molecule has 4 heteroatoms. The molecule has 0 saturated heterocycles. The molecule has 0 radical (unpaired) electrons. The zero-order chi connectivity index (χ0) is 13.0. The molecule has 1 atom stereocenters. The Morgan fingerprint density at radius 3 is 2.59 bits per heavy atom. The Hall–Kier alpha value is -0.730. The van der Waals surface area contributed by atoms with Crippen LogP contribution in [0, 0.1) is 0 Å². The van der Waals surface area contributed by atoms with E-state index < -0.39 is 0 Å². The highest BCUT2D eigenvalue weighted by molar-refractivity contribution is 6.35. The van der Waals surface area contributed by atoms with Crippen molar-refractivity contribution >= 4 is 29.1 Å². The van der Waals surface area contributed by atoms with Gasteiger partial charge in [-0.05, 0) is 31.0 Å². The van der Waals surface area contributed by atoms with Gasteiger partial charge in [0.05, 0.1) is 6.42 Å². The molecule has 2 nitrogen and oxygen atoms in total. The number of hydrogen-bond acceptors (Lipinski definition) is 1. The average Bonchev–Trinajstić information content (AvgIpc) is 2.30. The van der Waals surface area contributed by atoms with Gasteiger partial charge in [0.2, 0.25) is 5.91 Å². The summed E-state index contributed by atoms with van der Waals surface area (Å²) >= 11 is 11.8. The second-order valence-electron chi connectivity index (χ2n) is 4.17. The first-order valence-corrected chi connectivity index (χ1v) is 6.40. The topological polar surface area (TPSA) is 20.3 Å². The molecule has 0 aromatic heterocycles. The normalized spacial score (nSPS) is 12.3. The number of hydrogen-bond donors (Lipinski definition) is 0. The number of likely N-dealkylation sites (N-methyl/N-ethyl adjacent to an activating group) is 1. The SMILES string of the molecule is CCC(C)N(C)C(=O)Cc1ccc(Cl)cc1Cl. The Labute approximate surface area is 113 Å². The first-order valence-electron chi connectivity index (χ1n) is 5.65. The Bertz CT molecular complexity index is 406. The average molecular weight is 274 g/mol. The lowest BCUT2D eigenvalue weighted by molar-refractivity contribution is -0.130. The molecular weight excluding hydrogens is 257 g/mol. The van der Waals surface area contributed by atoms with Crippen LogP contribution in [0.3, 0.4) is 0 Å². The van der Waals surface area contributed by atoms with Crippen molar-refractivity contribution in [3.8, 4) is 0 Å². The number of carbonyl (C=O) groups excluding carboxylic acids is 1. The highest BCUT2D eigenvalue weighted by Gasteiger charge is 2.15. The van der Waals surface area contributed by atoms with Crippen molar-refractivity contribution in [2.75, 3.05) is 7.05 Å². The Morgan fingerprint density at radius 1 is 1.41 bits per heavy atom. The van der Waals surface area contributed by atoms with Crippen LogP contribution in [0.2, 0.25) is 10.0 Å². The highest BCUT2D eigenvalue weighted by Crippen LogP contribution is 2.22. The minimum atomic E-state index is 0.0728. The molecule has 1 amide bonds. The lowest BCUT2D eigenvalue weighted by Gasteiger charge is -2.24. The molecule has 1 unspecified atom stereocenters. The zero-order valence-corrected chi connectivity index (χ0v) is 11.8. The lowest BCUT2D eigenvalue weighted by Crippen LogP contribution is -2.35. The number of rotatable bonds is 4. The summed E-state index contributed by atoms with van der Waals surface area (Å²) in [5.41, 5.74) is 0.816. The van der Waals surface area contributed by atoms with E-state index in [0.717, 1.165) is 12.0 Å². The molecular formula is C13H17Cl2NO. The van der Waals surface area contributed by atoms with Gasteiger partial charge in [-0.25, -0.2) is 0 Å². The van der Waals surface area contributed by atoms with Crippen LogP contribution in [0.15, 0.2) is 18.2 Å². The van der Waals surface area contributed by atoms with Gasteiger partial charge in [-0.2, -0.15) is 0 Å². The highest BCUT2D eigenvalue weighted by atomic mass is 35.5. The van der Waals surface area contributed by atoms with E-state index >= 15 is 0 Å². The van der Waals surface area contributed by atoms with Crippen molar-refractivity contribution in [2.45, 2.75) is 32.7 Å². The predicted molar refractivity (Wildman–Crippen MR) is 72.7 cm³/mol. The van der Waals surface area contributed by atoms with Crippen LogP contribution >= 0.6 is 23.2 Å². The van der Waals surface area contributed by atoms with Crippen molar-refractivity contribution < 1.29 is 4.79 Å². The van der Waals surface area contributed by atoms with Gasteiger partial charge in [-0.15, -0.1) is 0 Å². The number of nitrogens with zero attached hydrogens (tertiary/aromatic N) is 1. The van der Waals surface area contributed by atoms with Crippen LogP contribution in [0.4, 0.5) is 0 Å². The third-order valence-electron chi connectivity index (χ3n) is 3.00. The maximum atomic E-state index is 12.0. The van der Waals surface area contributed by atoms with E-state index in [-0.39, 0.29) is 11.9 Å². The molecule has 0 saturated carbocycles. The van der Waals surface area contributed by atoms with Crippen molar-refractivity contribution in [2.24, 2.45) is 0 Å². The van der Waals surface area contributed by atoms with Gasteiger partial charge in [0, 0.05) is 23.1 Å². The first kappa shape index (κ1) is 14.3. The zero-order valence-electron chi connectivity index (χ0n) is 10.3. The van der Waals surface area contributed by atoms with Crippen LogP contribution in [0.1, 0.15) is 25.8 Å². The summed E-state index contributed by atoms with van der Waals surface area (Å²) in [5, 5.41) is 1.13. The van der Waals surface area contributed by atoms with Crippen molar-refractivity contribution in [1.82, 2.24) is 4.90 Å². The number of benzene rings is 1. The molecule has 0 bridgehead atoms. The molecule has 0 aliphatic rings. The van der Waals surface area contributed by atoms with Gasteiger partial charge in [-0.3, -0.25) is 4.79 Å². The Balaban J connectivity index is 2.74. The summed E-state index contributed by atoms with van der Waals surface area (Å²) < 4.78 is 0. The van der Waals surface area contributed by atoms with E-state index in [4.69, 9.17) is 23.2 Å². The molecule has 0 N–H and O–H groups in total. The van der Waals surface area contributed by atoms with Crippen LogP contribution in [-0.4, -0.2) is 23.9 Å². The van der Waals surface area contributed by atoms with E-state index in [1.807, 2.05) is 14.0 Å². The molecule has 0 aliphatic carbocycles. The van der Waals surface area contributed by atoms with E-state index in [1.165, 1.54) is 0 Å². The summed E-state index contributed by atoms with van der Waals surface area (Å²) in [6.07, 6.45) is 1.26. The molecule has 94 valence electrons. The van der Waals surface area contributed by atoms with Crippen LogP contribution in [-0.2, 0) is 11.2 Å². The molecule has 0 aliphatic heterocycles. The smallest absolute Gasteiger partial charge is 0.227 e. The van der Waals surface area contributed by atoms with Crippen molar-refractivity contribution in [3.63, 3.8) is 0 Å². The lowest BCUT2D eigenvalue weighted by atomic mass is 10.1. The van der Waals surface area contributed by atoms with Crippen LogP contribution < -0.4 is 0 Å². The third kappa shape index (κ3) is 3.90. The van der Waals surface area contributed by atoms with Crippen LogP contribution in [0.5, 0.6) is 0 Å². The van der Waals surface area contributed by atoms with Crippen molar-refractivity contribution in [1.29, 1.82) is 0 Å².